The monoisotopic (exact) mass is 386 g/mol. The molecule has 5 heteroatoms. The van der Waals surface area contributed by atoms with Gasteiger partial charge in [0.25, 0.3) is 0 Å². The quantitative estimate of drug-likeness (QED) is 0.376. The second-order valence-electron chi connectivity index (χ2n) is 6.29. The molecule has 0 bridgehead atoms. The van der Waals surface area contributed by atoms with E-state index in [1.807, 2.05) is 42.5 Å². The predicted octanol–water partition coefficient (Wildman–Crippen LogP) is 3.46. The first kappa shape index (κ1) is 20.4. The van der Waals surface area contributed by atoms with Gasteiger partial charge in [0.1, 0.15) is 12.2 Å². The zero-order valence-electron chi connectivity index (χ0n) is 14.5. The summed E-state index contributed by atoms with van der Waals surface area (Å²) >= 11 is 0. The van der Waals surface area contributed by atoms with Crippen LogP contribution in [0.1, 0.15) is 25.0 Å². The fourth-order valence-corrected chi connectivity index (χ4v) is 2.42. The third-order valence-electron chi connectivity index (χ3n) is 4.02. The number of hydrogen-bond acceptors (Lipinski definition) is 4. The van der Waals surface area contributed by atoms with E-state index >= 15 is 0 Å². The summed E-state index contributed by atoms with van der Waals surface area (Å²) in [6, 6.07) is 18.3. The smallest absolute Gasteiger partial charge is 0.383 e. The van der Waals surface area contributed by atoms with Crippen molar-refractivity contribution < 1.29 is 36.0 Å². The van der Waals surface area contributed by atoms with Crippen molar-refractivity contribution in [3.05, 3.63) is 60.2 Å². The topological polar surface area (TPSA) is 43.5 Å². The van der Waals surface area contributed by atoms with Crippen LogP contribution in [0, 0.1) is 0 Å². The largest absolute Gasteiger partial charge is 2.00 e. The molecule has 2 aliphatic rings. The molecule has 4 unspecified atom stereocenters. The molecule has 25 heavy (non-hydrogen) atoms. The summed E-state index contributed by atoms with van der Waals surface area (Å²) in [6.45, 7) is 5.14. The van der Waals surface area contributed by atoms with E-state index in [4.69, 9.17) is 18.9 Å². The minimum Gasteiger partial charge on any atom is -0.383 e. The van der Waals surface area contributed by atoms with Crippen LogP contribution < -0.4 is 0 Å². The van der Waals surface area contributed by atoms with E-state index in [0.717, 1.165) is 19.6 Å². The summed E-state index contributed by atoms with van der Waals surface area (Å²) < 4.78 is 22.1. The summed E-state index contributed by atoms with van der Waals surface area (Å²) in [6.07, 6.45) is 1.75. The molecule has 2 heterocycles. The molecular formula is C20H26FeO4. The van der Waals surface area contributed by atoms with Gasteiger partial charge in [-0.25, -0.2) is 24.3 Å². The summed E-state index contributed by atoms with van der Waals surface area (Å²) in [5, 5.41) is 0. The van der Waals surface area contributed by atoms with Crippen molar-refractivity contribution in [3.8, 4) is 0 Å². The van der Waals surface area contributed by atoms with E-state index in [9.17, 15) is 0 Å². The van der Waals surface area contributed by atoms with Crippen molar-refractivity contribution in [2.45, 2.75) is 37.8 Å². The summed E-state index contributed by atoms with van der Waals surface area (Å²) in [5.41, 5.74) is 1.22. The van der Waals surface area contributed by atoms with Crippen LogP contribution in [0.25, 0.3) is 0 Å². The van der Waals surface area contributed by atoms with Gasteiger partial charge in [-0.3, -0.25) is 0 Å². The van der Waals surface area contributed by atoms with Crippen LogP contribution in [-0.4, -0.2) is 44.7 Å². The van der Waals surface area contributed by atoms with Crippen molar-refractivity contribution in [3.63, 3.8) is 0 Å². The molecule has 0 amide bonds. The third kappa shape index (κ3) is 8.32. The Hall–Kier alpha value is -0.941. The van der Waals surface area contributed by atoms with Gasteiger partial charge in [-0.1, -0.05) is 0 Å². The minimum atomic E-state index is 0. The Labute approximate surface area is 160 Å². The van der Waals surface area contributed by atoms with Gasteiger partial charge >= 0.3 is 17.1 Å². The molecule has 2 saturated heterocycles. The fraction of sp³-hybridized carbons (Fsp3) is 0.500. The minimum absolute atomic E-state index is 0. The average molecular weight is 386 g/mol. The SMILES string of the molecule is CC(CC(OCC1CO1)[c-]1cccc1)OCC1CO1.[Fe+2].c1cc[cH-]c1. The van der Waals surface area contributed by atoms with E-state index < -0.39 is 0 Å². The van der Waals surface area contributed by atoms with Crippen molar-refractivity contribution in [2.75, 3.05) is 26.4 Å². The Balaban J connectivity index is 0.000000325. The van der Waals surface area contributed by atoms with Crippen LogP contribution in [0.5, 0.6) is 0 Å². The average Bonchev–Trinajstić information content (AvgIpc) is 3.46. The Kier molecular flexibility index (Phi) is 8.90. The normalized spacial score (nSPS) is 22.9. The molecule has 2 aromatic carbocycles. The Morgan fingerprint density at radius 2 is 1.56 bits per heavy atom. The molecule has 4 nitrogen and oxygen atoms in total. The van der Waals surface area contributed by atoms with Crippen LogP contribution in [0.4, 0.5) is 0 Å². The summed E-state index contributed by atoms with van der Waals surface area (Å²) in [5.74, 6) is 0. The second-order valence-corrected chi connectivity index (χ2v) is 6.29. The molecule has 4 rings (SSSR count). The zero-order chi connectivity index (χ0) is 16.6. The molecule has 2 aromatic rings. The molecule has 138 valence electrons. The van der Waals surface area contributed by atoms with Gasteiger partial charge in [0, 0.05) is 6.10 Å². The van der Waals surface area contributed by atoms with Gasteiger partial charge < -0.3 is 18.9 Å². The van der Waals surface area contributed by atoms with Crippen molar-refractivity contribution in [1.29, 1.82) is 0 Å². The maximum Gasteiger partial charge on any atom is 2.00 e. The molecule has 0 aromatic heterocycles. The molecule has 0 saturated carbocycles. The maximum atomic E-state index is 5.97. The van der Waals surface area contributed by atoms with E-state index in [1.165, 1.54) is 5.56 Å². The van der Waals surface area contributed by atoms with Gasteiger partial charge in [0.2, 0.25) is 0 Å². The molecule has 2 fully saturated rings. The third-order valence-corrected chi connectivity index (χ3v) is 4.02. The van der Waals surface area contributed by atoms with Gasteiger partial charge in [0.15, 0.2) is 0 Å². The van der Waals surface area contributed by atoms with Gasteiger partial charge in [0.05, 0.1) is 32.5 Å². The van der Waals surface area contributed by atoms with Crippen molar-refractivity contribution in [1.82, 2.24) is 0 Å². The number of rotatable bonds is 9. The molecule has 2 aliphatic heterocycles. The molecular weight excluding hydrogens is 360 g/mol. The molecule has 0 spiro atoms. The predicted molar refractivity (Wildman–Crippen MR) is 92.3 cm³/mol. The van der Waals surface area contributed by atoms with E-state index in [-0.39, 0.29) is 29.3 Å². The van der Waals surface area contributed by atoms with Crippen molar-refractivity contribution >= 4 is 0 Å². The first-order chi connectivity index (χ1) is 11.8. The van der Waals surface area contributed by atoms with Crippen LogP contribution in [0.3, 0.4) is 0 Å². The second kappa shape index (κ2) is 10.9. The Morgan fingerprint density at radius 1 is 1.00 bits per heavy atom. The van der Waals surface area contributed by atoms with E-state index in [1.54, 1.807) is 0 Å². The fourth-order valence-electron chi connectivity index (χ4n) is 2.42. The van der Waals surface area contributed by atoms with E-state index in [2.05, 4.69) is 19.1 Å². The van der Waals surface area contributed by atoms with Gasteiger partial charge in [-0.05, 0) is 13.3 Å². The standard InChI is InChI=1S/C15H21O4.C5H5.Fe/c1-11(16-7-13-8-17-13)6-15(12-4-2-3-5-12)19-10-14-9-18-14;1-2-4-5-3-1;/h2-5,11,13-15H,6-10H2,1H3;1-5H;/q2*-1;+2. The number of epoxide rings is 2. The molecule has 0 radical (unpaired) electrons. The summed E-state index contributed by atoms with van der Waals surface area (Å²) in [7, 11) is 0. The molecule has 0 N–H and O–H groups in total. The number of ether oxygens (including phenoxy) is 4. The first-order valence-electron chi connectivity index (χ1n) is 8.66. The Bertz CT molecular complexity index is 515. The van der Waals surface area contributed by atoms with Gasteiger partial charge in [-0.15, -0.1) is 5.56 Å². The van der Waals surface area contributed by atoms with Crippen LogP contribution in [0.2, 0.25) is 0 Å². The number of hydrogen-bond donors (Lipinski definition) is 0. The first-order valence-corrected chi connectivity index (χ1v) is 8.66. The zero-order valence-corrected chi connectivity index (χ0v) is 15.6. The Morgan fingerprint density at radius 3 is 2.04 bits per heavy atom. The van der Waals surface area contributed by atoms with E-state index in [0.29, 0.717) is 25.4 Å². The van der Waals surface area contributed by atoms with Crippen LogP contribution >= 0.6 is 0 Å². The van der Waals surface area contributed by atoms with Crippen LogP contribution in [-0.2, 0) is 36.0 Å². The molecule has 4 atom stereocenters. The summed E-state index contributed by atoms with van der Waals surface area (Å²) in [4.78, 5) is 0. The van der Waals surface area contributed by atoms with Crippen molar-refractivity contribution in [2.24, 2.45) is 0 Å². The van der Waals surface area contributed by atoms with Crippen LogP contribution in [0.15, 0.2) is 54.6 Å². The maximum absolute atomic E-state index is 5.97. The van der Waals surface area contributed by atoms with Gasteiger partial charge in [-0.2, -0.15) is 30.3 Å². The molecule has 0 aliphatic carbocycles.